The third kappa shape index (κ3) is 2.77. The van der Waals surface area contributed by atoms with Crippen molar-refractivity contribution in [3.63, 3.8) is 0 Å². The number of thiophene rings is 1. The van der Waals surface area contributed by atoms with E-state index in [2.05, 4.69) is 45.5 Å². The Morgan fingerprint density at radius 3 is 2.80 bits per heavy atom. The molecule has 3 heterocycles. The fourth-order valence-corrected chi connectivity index (χ4v) is 3.56. The summed E-state index contributed by atoms with van der Waals surface area (Å²) in [4.78, 5) is 12.7. The Hall–Kier alpha value is -1.24. The first-order chi connectivity index (χ1) is 9.65. The summed E-state index contributed by atoms with van der Waals surface area (Å²) in [5, 5.41) is 6.32. The Labute approximate surface area is 123 Å². The normalized spacial score (nSPS) is 24.1. The molecule has 1 saturated heterocycles. The van der Waals surface area contributed by atoms with Crippen LogP contribution in [0.3, 0.4) is 0 Å². The van der Waals surface area contributed by atoms with Crippen LogP contribution in [-0.2, 0) is 11.3 Å². The summed E-state index contributed by atoms with van der Waals surface area (Å²) >= 11 is 1.66. The molecule has 0 aromatic carbocycles. The predicted octanol–water partition coefficient (Wildman–Crippen LogP) is 2.34. The quantitative estimate of drug-likeness (QED) is 0.941. The van der Waals surface area contributed by atoms with E-state index < -0.39 is 0 Å². The highest BCUT2D eigenvalue weighted by Crippen LogP contribution is 2.25. The summed E-state index contributed by atoms with van der Waals surface area (Å²) in [6.45, 7) is 6.88. The van der Waals surface area contributed by atoms with Crippen molar-refractivity contribution in [1.82, 2.24) is 14.9 Å². The highest BCUT2D eigenvalue weighted by atomic mass is 32.1. The summed E-state index contributed by atoms with van der Waals surface area (Å²) < 4.78 is 5.76. The van der Waals surface area contributed by atoms with Gasteiger partial charge in [0.2, 0.25) is 0 Å². The van der Waals surface area contributed by atoms with Crippen LogP contribution in [0.25, 0.3) is 10.2 Å². The third-order valence-corrected chi connectivity index (χ3v) is 4.28. The van der Waals surface area contributed by atoms with Crippen LogP contribution in [0.2, 0.25) is 0 Å². The first kappa shape index (κ1) is 13.7. The molecule has 5 nitrogen and oxygen atoms in total. The molecule has 2 aromatic heterocycles. The molecule has 20 heavy (non-hydrogen) atoms. The molecular formula is C14H20N4OS. The van der Waals surface area contributed by atoms with Gasteiger partial charge in [0.1, 0.15) is 16.5 Å². The molecule has 0 aliphatic carbocycles. The molecule has 0 amide bonds. The number of nitrogens with one attached hydrogen (secondary N) is 1. The molecule has 1 N–H and O–H groups in total. The van der Waals surface area contributed by atoms with Crippen LogP contribution < -0.4 is 5.32 Å². The van der Waals surface area contributed by atoms with Gasteiger partial charge >= 0.3 is 0 Å². The van der Waals surface area contributed by atoms with Crippen molar-refractivity contribution in [2.45, 2.75) is 32.6 Å². The van der Waals surface area contributed by atoms with Crippen LogP contribution in [0.1, 0.15) is 19.7 Å². The topological polar surface area (TPSA) is 50.3 Å². The molecule has 2 aromatic rings. The number of anilines is 1. The minimum atomic E-state index is 0.271. The fourth-order valence-electron chi connectivity index (χ4n) is 2.77. The zero-order valence-electron chi connectivity index (χ0n) is 12.1. The highest BCUT2D eigenvalue weighted by molar-refractivity contribution is 7.16. The van der Waals surface area contributed by atoms with Crippen molar-refractivity contribution in [2.75, 3.05) is 25.5 Å². The summed E-state index contributed by atoms with van der Waals surface area (Å²) in [5.41, 5.74) is 0. The van der Waals surface area contributed by atoms with Gasteiger partial charge < -0.3 is 10.1 Å². The van der Waals surface area contributed by atoms with Crippen molar-refractivity contribution in [1.29, 1.82) is 0 Å². The first-order valence-corrected chi connectivity index (χ1v) is 7.83. The van der Waals surface area contributed by atoms with Crippen LogP contribution in [0.15, 0.2) is 11.4 Å². The van der Waals surface area contributed by atoms with Gasteiger partial charge in [-0.25, -0.2) is 9.97 Å². The van der Waals surface area contributed by atoms with Crippen molar-refractivity contribution < 1.29 is 4.74 Å². The lowest BCUT2D eigenvalue weighted by molar-refractivity contribution is -0.0710. The number of fused-ring (bicyclic) bond motifs is 1. The molecular weight excluding hydrogens is 272 g/mol. The monoisotopic (exact) mass is 292 g/mol. The molecule has 0 bridgehead atoms. The minimum Gasteiger partial charge on any atom is -0.373 e. The van der Waals surface area contributed by atoms with Crippen molar-refractivity contribution in [3.8, 4) is 0 Å². The zero-order valence-corrected chi connectivity index (χ0v) is 12.9. The second-order valence-corrected chi connectivity index (χ2v) is 6.22. The maximum Gasteiger partial charge on any atom is 0.146 e. The van der Waals surface area contributed by atoms with E-state index in [4.69, 9.17) is 4.74 Å². The van der Waals surface area contributed by atoms with Crippen molar-refractivity contribution in [2.24, 2.45) is 0 Å². The van der Waals surface area contributed by atoms with E-state index in [0.29, 0.717) is 0 Å². The second kappa shape index (κ2) is 5.63. The van der Waals surface area contributed by atoms with Gasteiger partial charge in [0.25, 0.3) is 0 Å². The Kier molecular flexibility index (Phi) is 3.87. The zero-order chi connectivity index (χ0) is 14.1. The molecule has 2 atom stereocenters. The highest BCUT2D eigenvalue weighted by Gasteiger charge is 2.23. The van der Waals surface area contributed by atoms with E-state index >= 15 is 0 Å². The number of aromatic nitrogens is 2. The Morgan fingerprint density at radius 2 is 2.10 bits per heavy atom. The lowest BCUT2D eigenvalue weighted by Gasteiger charge is -2.34. The van der Waals surface area contributed by atoms with Crippen LogP contribution in [0.5, 0.6) is 0 Å². The predicted molar refractivity (Wildman–Crippen MR) is 82.2 cm³/mol. The Balaban J connectivity index is 1.83. The van der Waals surface area contributed by atoms with Gasteiger partial charge in [0.15, 0.2) is 0 Å². The molecule has 0 unspecified atom stereocenters. The van der Waals surface area contributed by atoms with Gasteiger partial charge in [-0.2, -0.15) is 0 Å². The van der Waals surface area contributed by atoms with Gasteiger partial charge in [-0.3, -0.25) is 4.90 Å². The lowest BCUT2D eigenvalue weighted by Crippen LogP contribution is -2.45. The van der Waals surface area contributed by atoms with Gasteiger partial charge in [-0.05, 0) is 25.3 Å². The number of nitrogens with zero attached hydrogens (tertiary/aromatic N) is 3. The molecule has 3 rings (SSSR count). The molecule has 0 radical (unpaired) electrons. The number of hydrogen-bond acceptors (Lipinski definition) is 6. The van der Waals surface area contributed by atoms with E-state index in [-0.39, 0.29) is 12.2 Å². The summed E-state index contributed by atoms with van der Waals surface area (Å²) in [6, 6.07) is 2.06. The fraction of sp³-hybridized carbons (Fsp3) is 0.571. The average molecular weight is 292 g/mol. The number of ether oxygens (including phenoxy) is 1. The molecule has 0 spiro atoms. The largest absolute Gasteiger partial charge is 0.373 e. The molecule has 1 fully saturated rings. The van der Waals surface area contributed by atoms with Crippen molar-refractivity contribution in [3.05, 3.63) is 17.3 Å². The van der Waals surface area contributed by atoms with E-state index in [1.807, 2.05) is 7.05 Å². The van der Waals surface area contributed by atoms with Crippen LogP contribution in [0, 0.1) is 0 Å². The number of morpholine rings is 1. The van der Waals surface area contributed by atoms with E-state index in [0.717, 1.165) is 41.5 Å². The maximum absolute atomic E-state index is 5.76. The average Bonchev–Trinajstić information content (AvgIpc) is 2.84. The second-order valence-electron chi connectivity index (χ2n) is 5.33. The lowest BCUT2D eigenvalue weighted by atomic mass is 10.2. The van der Waals surface area contributed by atoms with Crippen LogP contribution >= 0.6 is 11.3 Å². The maximum atomic E-state index is 5.76. The summed E-state index contributed by atoms with van der Waals surface area (Å²) in [5.74, 6) is 1.80. The number of rotatable bonds is 3. The van der Waals surface area contributed by atoms with Crippen molar-refractivity contribution >= 4 is 27.4 Å². The SMILES string of the molecule is CNc1nc(CN2C[C@@H](C)O[C@@H](C)C2)nc2sccc12. The van der Waals surface area contributed by atoms with Gasteiger partial charge in [-0.1, -0.05) is 0 Å². The standard InChI is InChI=1S/C14H20N4OS/c1-9-6-18(7-10(2)19-9)8-12-16-13(15-3)11-4-5-20-14(11)17-12/h4-5,9-10H,6-8H2,1-3H3,(H,15,16,17)/t9-,10+. The minimum absolute atomic E-state index is 0.271. The van der Waals surface area contributed by atoms with Gasteiger partial charge in [0, 0.05) is 20.1 Å². The molecule has 108 valence electrons. The summed E-state index contributed by atoms with van der Waals surface area (Å²) in [7, 11) is 1.90. The summed E-state index contributed by atoms with van der Waals surface area (Å²) in [6.07, 6.45) is 0.543. The molecule has 0 saturated carbocycles. The molecule has 1 aliphatic heterocycles. The van der Waals surface area contributed by atoms with E-state index in [1.165, 1.54) is 0 Å². The van der Waals surface area contributed by atoms with Gasteiger partial charge in [0.05, 0.1) is 24.1 Å². The van der Waals surface area contributed by atoms with E-state index in [9.17, 15) is 0 Å². The molecule has 1 aliphatic rings. The Bertz CT molecular complexity index is 590. The molecule has 6 heteroatoms. The van der Waals surface area contributed by atoms with Gasteiger partial charge in [-0.15, -0.1) is 11.3 Å². The van der Waals surface area contributed by atoms with Crippen LogP contribution in [-0.4, -0.2) is 47.2 Å². The number of hydrogen-bond donors (Lipinski definition) is 1. The van der Waals surface area contributed by atoms with Crippen LogP contribution in [0.4, 0.5) is 5.82 Å². The first-order valence-electron chi connectivity index (χ1n) is 6.95. The third-order valence-electron chi connectivity index (χ3n) is 3.47. The Morgan fingerprint density at radius 1 is 1.35 bits per heavy atom. The smallest absolute Gasteiger partial charge is 0.146 e. The van der Waals surface area contributed by atoms with E-state index in [1.54, 1.807) is 11.3 Å².